The lowest BCUT2D eigenvalue weighted by molar-refractivity contribution is 0.618. The zero-order valence-corrected chi connectivity index (χ0v) is 13.0. The molecule has 1 aromatic carbocycles. The van der Waals surface area contributed by atoms with Gasteiger partial charge in [0, 0.05) is 10.0 Å². The van der Waals surface area contributed by atoms with Gasteiger partial charge in [0.15, 0.2) is 5.16 Å². The lowest BCUT2D eigenvalue weighted by Crippen LogP contribution is -2.14. The lowest BCUT2D eigenvalue weighted by atomic mass is 10.0. The van der Waals surface area contributed by atoms with E-state index in [0.717, 1.165) is 0 Å². The number of H-pyrrole nitrogens is 1. The number of nitrogens with one attached hydrogen (secondary N) is 1. The van der Waals surface area contributed by atoms with E-state index in [0.29, 0.717) is 20.8 Å². The van der Waals surface area contributed by atoms with Crippen LogP contribution >= 0.6 is 27.7 Å². The van der Waals surface area contributed by atoms with Crippen LogP contribution in [0.1, 0.15) is 11.1 Å². The van der Waals surface area contributed by atoms with Crippen LogP contribution in [0.25, 0.3) is 11.3 Å². The van der Waals surface area contributed by atoms with Gasteiger partial charge in [0.05, 0.1) is 5.69 Å². The summed E-state index contributed by atoms with van der Waals surface area (Å²) in [6.07, 6.45) is 1.76. The monoisotopic (exact) mass is 353 g/mol. The van der Waals surface area contributed by atoms with Crippen LogP contribution in [0.15, 0.2) is 26.6 Å². The maximum atomic E-state index is 13.5. The average Bonchev–Trinajstić information content (AvgIpc) is 2.42. The maximum absolute atomic E-state index is 13.5. The van der Waals surface area contributed by atoms with Crippen molar-refractivity contribution >= 4 is 27.7 Å². The van der Waals surface area contributed by atoms with Crippen molar-refractivity contribution in [1.82, 2.24) is 9.97 Å². The molecule has 0 saturated carbocycles. The van der Waals surface area contributed by atoms with Crippen LogP contribution in [0.3, 0.4) is 0 Å². The van der Waals surface area contributed by atoms with Gasteiger partial charge in [-0.1, -0.05) is 11.8 Å². The maximum Gasteiger partial charge on any atom is 0.270 e. The first-order valence-corrected chi connectivity index (χ1v) is 7.54. The molecule has 0 radical (unpaired) electrons. The van der Waals surface area contributed by atoms with Crippen LogP contribution in [0, 0.1) is 24.1 Å². The molecule has 1 aromatic heterocycles. The minimum Gasteiger partial charge on any atom is -0.300 e. The molecule has 1 heterocycles. The quantitative estimate of drug-likeness (QED) is 0.664. The van der Waals surface area contributed by atoms with E-state index in [1.165, 1.54) is 17.8 Å². The Balaban J connectivity index is 2.82. The SMILES string of the molecule is CSc1nc(-c2cc(C)c(F)cc2Br)c(C#N)c(=O)[nH]1. The van der Waals surface area contributed by atoms with Crippen molar-refractivity contribution in [2.24, 2.45) is 0 Å². The fourth-order valence-electron chi connectivity index (χ4n) is 1.69. The molecule has 0 spiro atoms. The molecule has 0 saturated heterocycles. The van der Waals surface area contributed by atoms with Gasteiger partial charge in [0.1, 0.15) is 17.4 Å². The number of nitrogens with zero attached hydrogens (tertiary/aromatic N) is 2. The fraction of sp³-hybridized carbons (Fsp3) is 0.154. The number of hydrogen-bond acceptors (Lipinski definition) is 4. The second kappa shape index (κ2) is 5.77. The molecular formula is C13H9BrFN3OS. The van der Waals surface area contributed by atoms with Crippen molar-refractivity contribution in [3.8, 4) is 17.3 Å². The molecule has 7 heteroatoms. The van der Waals surface area contributed by atoms with E-state index in [4.69, 9.17) is 5.26 Å². The molecule has 0 aliphatic rings. The zero-order chi connectivity index (χ0) is 14.9. The molecule has 0 aliphatic heterocycles. The van der Waals surface area contributed by atoms with Gasteiger partial charge in [-0.25, -0.2) is 9.37 Å². The average molecular weight is 354 g/mol. The van der Waals surface area contributed by atoms with Crippen LogP contribution in [0.2, 0.25) is 0 Å². The number of aryl methyl sites for hydroxylation is 1. The van der Waals surface area contributed by atoms with Crippen LogP contribution < -0.4 is 5.56 Å². The van der Waals surface area contributed by atoms with Crippen molar-refractivity contribution < 1.29 is 4.39 Å². The second-order valence-electron chi connectivity index (χ2n) is 3.99. The van der Waals surface area contributed by atoms with Crippen molar-refractivity contribution in [2.75, 3.05) is 6.26 Å². The molecule has 0 unspecified atom stereocenters. The van der Waals surface area contributed by atoms with Crippen LogP contribution in [0.4, 0.5) is 4.39 Å². The molecule has 0 fully saturated rings. The number of benzene rings is 1. The van der Waals surface area contributed by atoms with Gasteiger partial charge >= 0.3 is 0 Å². The summed E-state index contributed by atoms with van der Waals surface area (Å²) in [6, 6.07) is 4.71. The van der Waals surface area contributed by atoms with E-state index in [2.05, 4.69) is 25.9 Å². The van der Waals surface area contributed by atoms with Gasteiger partial charge in [-0.3, -0.25) is 4.79 Å². The fourth-order valence-corrected chi connectivity index (χ4v) is 2.57. The lowest BCUT2D eigenvalue weighted by Gasteiger charge is -2.09. The number of aromatic nitrogens is 2. The number of thioether (sulfide) groups is 1. The number of aromatic amines is 1. The largest absolute Gasteiger partial charge is 0.300 e. The van der Waals surface area contributed by atoms with Crippen LogP contribution in [-0.4, -0.2) is 16.2 Å². The van der Waals surface area contributed by atoms with Crippen molar-refractivity contribution in [3.05, 3.63) is 43.9 Å². The van der Waals surface area contributed by atoms with E-state index >= 15 is 0 Å². The normalized spacial score (nSPS) is 10.3. The molecule has 0 bridgehead atoms. The topological polar surface area (TPSA) is 69.5 Å². The summed E-state index contributed by atoms with van der Waals surface area (Å²) >= 11 is 4.50. The van der Waals surface area contributed by atoms with Gasteiger partial charge in [0.25, 0.3) is 5.56 Å². The second-order valence-corrected chi connectivity index (χ2v) is 5.64. The molecule has 0 atom stereocenters. The highest BCUT2D eigenvalue weighted by molar-refractivity contribution is 9.10. The van der Waals surface area contributed by atoms with Crippen molar-refractivity contribution in [1.29, 1.82) is 5.26 Å². The number of hydrogen-bond donors (Lipinski definition) is 1. The third-order valence-electron chi connectivity index (χ3n) is 2.71. The molecule has 1 N–H and O–H groups in total. The zero-order valence-electron chi connectivity index (χ0n) is 10.6. The molecule has 4 nitrogen and oxygen atoms in total. The highest BCUT2D eigenvalue weighted by Gasteiger charge is 2.17. The first kappa shape index (κ1) is 14.8. The third-order valence-corrected chi connectivity index (χ3v) is 3.94. The van der Waals surface area contributed by atoms with Crippen LogP contribution in [0.5, 0.6) is 0 Å². The van der Waals surface area contributed by atoms with Gasteiger partial charge in [-0.05, 0) is 46.8 Å². The molecule has 0 aliphatic carbocycles. The summed E-state index contributed by atoms with van der Waals surface area (Å²) in [5.74, 6) is -0.367. The van der Waals surface area contributed by atoms with Crippen molar-refractivity contribution in [3.63, 3.8) is 0 Å². The first-order valence-electron chi connectivity index (χ1n) is 5.52. The van der Waals surface area contributed by atoms with E-state index in [9.17, 15) is 9.18 Å². The molecule has 0 amide bonds. The Morgan fingerprint density at radius 2 is 2.20 bits per heavy atom. The molecule has 2 aromatic rings. The van der Waals surface area contributed by atoms with Gasteiger partial charge in [0.2, 0.25) is 0 Å². The summed E-state index contributed by atoms with van der Waals surface area (Å²) < 4.78 is 13.9. The first-order chi connectivity index (χ1) is 9.47. The van der Waals surface area contributed by atoms with Crippen LogP contribution in [-0.2, 0) is 0 Å². The highest BCUT2D eigenvalue weighted by Crippen LogP contribution is 2.31. The van der Waals surface area contributed by atoms with Crippen molar-refractivity contribution in [2.45, 2.75) is 12.1 Å². The molecule has 2 rings (SSSR count). The molecular weight excluding hydrogens is 345 g/mol. The Labute approximate surface area is 127 Å². The number of halogens is 2. The summed E-state index contributed by atoms with van der Waals surface area (Å²) in [7, 11) is 0. The third kappa shape index (κ3) is 2.62. The van der Waals surface area contributed by atoms with Gasteiger partial charge in [-0.2, -0.15) is 5.26 Å². The molecule has 20 heavy (non-hydrogen) atoms. The summed E-state index contributed by atoms with van der Waals surface area (Å²) in [4.78, 5) is 18.6. The van der Waals surface area contributed by atoms with Gasteiger partial charge in [-0.15, -0.1) is 0 Å². The van der Waals surface area contributed by atoms with E-state index in [1.54, 1.807) is 19.2 Å². The Kier molecular flexibility index (Phi) is 4.26. The Morgan fingerprint density at radius 1 is 1.50 bits per heavy atom. The number of rotatable bonds is 2. The van der Waals surface area contributed by atoms with Gasteiger partial charge < -0.3 is 4.98 Å². The Bertz CT molecular complexity index is 782. The predicted molar refractivity (Wildman–Crippen MR) is 79.2 cm³/mol. The minimum atomic E-state index is -0.504. The van der Waals surface area contributed by atoms with E-state index < -0.39 is 5.56 Å². The van der Waals surface area contributed by atoms with E-state index in [-0.39, 0.29) is 17.1 Å². The Hall–Kier alpha value is -1.65. The highest BCUT2D eigenvalue weighted by atomic mass is 79.9. The summed E-state index contributed by atoms with van der Waals surface area (Å²) in [5, 5.41) is 9.53. The summed E-state index contributed by atoms with van der Waals surface area (Å²) in [6.45, 7) is 1.61. The standard InChI is InChI=1S/C13H9BrFN3OS/c1-6-3-7(9(14)4-10(6)15)11-8(5-16)12(19)18-13(17-11)20-2/h3-4H,1-2H3,(H,17,18,19). The summed E-state index contributed by atoms with van der Waals surface area (Å²) in [5.41, 5.74) is 0.586. The minimum absolute atomic E-state index is 0.0884. The van der Waals surface area contributed by atoms with E-state index in [1.807, 2.05) is 6.07 Å². The number of nitriles is 1. The molecule has 102 valence electrons. The smallest absolute Gasteiger partial charge is 0.270 e. The Morgan fingerprint density at radius 3 is 2.80 bits per heavy atom. The predicted octanol–water partition coefficient (Wildman–Crippen LogP) is 3.24.